The molecule has 3 nitrogen and oxygen atoms in total. The number of carbonyl (C=O) groups excluding carboxylic acids is 1. The predicted octanol–water partition coefficient (Wildman–Crippen LogP) is 2.18. The molecule has 0 radical (unpaired) electrons. The van der Waals surface area contributed by atoms with Gasteiger partial charge in [0.25, 0.3) is 5.24 Å². The first-order valence-corrected chi connectivity index (χ1v) is 4.22. The fourth-order valence-electron chi connectivity index (χ4n) is 1.20. The molecule has 1 aliphatic heterocycles. The van der Waals surface area contributed by atoms with E-state index in [9.17, 15) is 4.79 Å². The van der Waals surface area contributed by atoms with Gasteiger partial charge in [0, 0.05) is 12.5 Å². The first kappa shape index (κ1) is 8.38. The lowest BCUT2D eigenvalue weighted by Crippen LogP contribution is -2.11. The van der Waals surface area contributed by atoms with Crippen LogP contribution in [0.1, 0.15) is 17.3 Å². The van der Waals surface area contributed by atoms with Crippen LogP contribution >= 0.6 is 11.6 Å². The Morgan fingerprint density at radius 2 is 2.08 bits per heavy atom. The Labute approximate surface area is 80.2 Å². The molecular weight excluding hydrogens is 192 g/mol. The second-order valence-electron chi connectivity index (χ2n) is 2.74. The predicted molar refractivity (Wildman–Crippen MR) is 47.3 cm³/mol. The van der Waals surface area contributed by atoms with Crippen LogP contribution in [-0.4, -0.2) is 11.5 Å². The molecule has 0 bridgehead atoms. The summed E-state index contributed by atoms with van der Waals surface area (Å²) in [5.74, 6) is 1.22. The van der Waals surface area contributed by atoms with Gasteiger partial charge in [-0.25, -0.2) is 0 Å². The highest BCUT2D eigenvalue weighted by Gasteiger charge is 2.20. The summed E-state index contributed by atoms with van der Waals surface area (Å²) >= 11 is 5.31. The van der Waals surface area contributed by atoms with Gasteiger partial charge < -0.3 is 9.47 Å². The van der Waals surface area contributed by atoms with Crippen LogP contribution in [0.15, 0.2) is 18.2 Å². The zero-order chi connectivity index (χ0) is 9.42. The maximum absolute atomic E-state index is 10.8. The number of fused-ring (bicyclic) bond motifs is 1. The van der Waals surface area contributed by atoms with Crippen molar-refractivity contribution in [2.75, 3.05) is 0 Å². The summed E-state index contributed by atoms with van der Waals surface area (Å²) in [7, 11) is 0. The van der Waals surface area contributed by atoms with Crippen LogP contribution in [0.5, 0.6) is 11.5 Å². The Bertz CT molecular complexity index is 362. The topological polar surface area (TPSA) is 35.5 Å². The number of hydrogen-bond donors (Lipinski definition) is 0. The molecule has 0 N–H and O–H groups in total. The van der Waals surface area contributed by atoms with E-state index in [1.165, 1.54) is 0 Å². The largest absolute Gasteiger partial charge is 0.451 e. The summed E-state index contributed by atoms with van der Waals surface area (Å²) in [6.45, 7) is 1.78. The molecule has 68 valence electrons. The molecule has 1 unspecified atom stereocenters. The molecule has 0 aliphatic carbocycles. The van der Waals surface area contributed by atoms with Crippen molar-refractivity contribution in [2.24, 2.45) is 0 Å². The van der Waals surface area contributed by atoms with E-state index >= 15 is 0 Å². The molecule has 1 aromatic rings. The number of hydrogen-bond acceptors (Lipinski definition) is 3. The van der Waals surface area contributed by atoms with Gasteiger partial charge in [0.2, 0.25) is 6.29 Å². The molecule has 0 amide bonds. The van der Waals surface area contributed by atoms with Crippen molar-refractivity contribution in [1.82, 2.24) is 0 Å². The summed E-state index contributed by atoms with van der Waals surface area (Å²) in [4.78, 5) is 10.8. The molecule has 0 spiro atoms. The minimum atomic E-state index is -0.494. The quantitative estimate of drug-likeness (QED) is 0.649. The Hall–Kier alpha value is -1.22. The first-order valence-electron chi connectivity index (χ1n) is 3.84. The van der Waals surface area contributed by atoms with Gasteiger partial charge in [-0.3, -0.25) is 4.79 Å². The van der Waals surface area contributed by atoms with E-state index in [-0.39, 0.29) is 6.29 Å². The van der Waals surface area contributed by atoms with Crippen molar-refractivity contribution in [2.45, 2.75) is 13.2 Å². The Kier molecular flexibility index (Phi) is 1.88. The van der Waals surface area contributed by atoms with E-state index in [1.54, 1.807) is 25.1 Å². The van der Waals surface area contributed by atoms with Crippen LogP contribution in [0.3, 0.4) is 0 Å². The number of ether oxygens (including phenoxy) is 2. The highest BCUT2D eigenvalue weighted by Crippen LogP contribution is 2.35. The average molecular weight is 199 g/mol. The van der Waals surface area contributed by atoms with Crippen molar-refractivity contribution in [3.05, 3.63) is 23.8 Å². The van der Waals surface area contributed by atoms with E-state index in [0.717, 1.165) is 0 Å². The molecule has 13 heavy (non-hydrogen) atoms. The highest BCUT2D eigenvalue weighted by molar-refractivity contribution is 6.67. The Morgan fingerprint density at radius 1 is 1.38 bits per heavy atom. The molecular formula is C9H7ClO3. The lowest BCUT2D eigenvalue weighted by atomic mass is 10.2. The van der Waals surface area contributed by atoms with Crippen LogP contribution in [0.2, 0.25) is 0 Å². The van der Waals surface area contributed by atoms with Crippen LogP contribution in [-0.2, 0) is 0 Å². The molecule has 1 aromatic carbocycles. The van der Waals surface area contributed by atoms with E-state index in [1.807, 2.05) is 0 Å². The van der Waals surface area contributed by atoms with Crippen LogP contribution in [0.25, 0.3) is 0 Å². The summed E-state index contributed by atoms with van der Waals surface area (Å²) in [6, 6.07) is 4.86. The van der Waals surface area contributed by atoms with E-state index in [2.05, 4.69) is 0 Å². The smallest absolute Gasteiger partial charge is 0.252 e. The van der Waals surface area contributed by atoms with Gasteiger partial charge in [-0.15, -0.1) is 0 Å². The van der Waals surface area contributed by atoms with Gasteiger partial charge in [-0.2, -0.15) is 0 Å². The van der Waals surface area contributed by atoms with Gasteiger partial charge >= 0.3 is 0 Å². The Morgan fingerprint density at radius 3 is 2.77 bits per heavy atom. The number of rotatable bonds is 1. The van der Waals surface area contributed by atoms with E-state index in [0.29, 0.717) is 17.1 Å². The molecule has 1 atom stereocenters. The van der Waals surface area contributed by atoms with Gasteiger partial charge in [-0.1, -0.05) is 0 Å². The lowest BCUT2D eigenvalue weighted by Gasteiger charge is -1.99. The minimum Gasteiger partial charge on any atom is -0.451 e. The van der Waals surface area contributed by atoms with E-state index < -0.39 is 5.24 Å². The standard InChI is InChI=1S/C9H7ClO3/c1-5-12-7-3-2-6(9(10)11)4-8(7)13-5/h2-5H,1H3. The fourth-order valence-corrected chi connectivity index (χ4v) is 1.32. The summed E-state index contributed by atoms with van der Waals surface area (Å²) in [5, 5.41) is -0.494. The molecule has 2 rings (SSSR count). The molecule has 1 aliphatic rings. The molecule has 0 saturated carbocycles. The zero-order valence-corrected chi connectivity index (χ0v) is 7.67. The third kappa shape index (κ3) is 1.47. The molecule has 0 aromatic heterocycles. The SMILES string of the molecule is CC1Oc2ccc(C(=O)Cl)cc2O1. The fraction of sp³-hybridized carbons (Fsp3) is 0.222. The van der Waals surface area contributed by atoms with Crippen LogP contribution in [0.4, 0.5) is 0 Å². The Balaban J connectivity index is 2.40. The van der Waals surface area contributed by atoms with Crippen LogP contribution in [0, 0.1) is 0 Å². The molecule has 0 saturated heterocycles. The number of benzene rings is 1. The maximum atomic E-state index is 10.8. The van der Waals surface area contributed by atoms with Crippen molar-refractivity contribution in [3.63, 3.8) is 0 Å². The number of carbonyl (C=O) groups is 1. The monoisotopic (exact) mass is 198 g/mol. The van der Waals surface area contributed by atoms with Crippen molar-refractivity contribution >= 4 is 16.8 Å². The normalized spacial score (nSPS) is 18.8. The first-order chi connectivity index (χ1) is 6.16. The molecule has 4 heteroatoms. The van der Waals surface area contributed by atoms with Crippen molar-refractivity contribution in [3.8, 4) is 11.5 Å². The molecule has 0 fully saturated rings. The number of halogens is 1. The third-order valence-corrected chi connectivity index (χ3v) is 1.97. The minimum absolute atomic E-state index is 0.296. The van der Waals surface area contributed by atoms with Gasteiger partial charge in [0.15, 0.2) is 11.5 Å². The summed E-state index contributed by atoms with van der Waals surface area (Å²) in [5.41, 5.74) is 0.415. The third-order valence-electron chi connectivity index (χ3n) is 1.76. The molecule has 1 heterocycles. The van der Waals surface area contributed by atoms with Crippen molar-refractivity contribution < 1.29 is 14.3 Å². The van der Waals surface area contributed by atoms with Gasteiger partial charge in [0.05, 0.1) is 0 Å². The van der Waals surface area contributed by atoms with Gasteiger partial charge in [-0.05, 0) is 29.8 Å². The average Bonchev–Trinajstić information content (AvgIpc) is 2.42. The zero-order valence-electron chi connectivity index (χ0n) is 6.91. The highest BCUT2D eigenvalue weighted by atomic mass is 35.5. The van der Waals surface area contributed by atoms with Gasteiger partial charge in [0.1, 0.15) is 0 Å². The van der Waals surface area contributed by atoms with E-state index in [4.69, 9.17) is 21.1 Å². The second kappa shape index (κ2) is 2.92. The van der Waals surface area contributed by atoms with Crippen molar-refractivity contribution in [1.29, 1.82) is 0 Å². The summed E-state index contributed by atoms with van der Waals surface area (Å²) < 4.78 is 10.5. The maximum Gasteiger partial charge on any atom is 0.252 e. The second-order valence-corrected chi connectivity index (χ2v) is 3.08. The summed E-state index contributed by atoms with van der Waals surface area (Å²) in [6.07, 6.45) is -0.296. The van der Waals surface area contributed by atoms with Crippen LogP contribution < -0.4 is 9.47 Å². The lowest BCUT2D eigenvalue weighted by molar-refractivity contribution is 0.0678.